The van der Waals surface area contributed by atoms with Crippen LogP contribution >= 0.6 is 0 Å². The lowest BCUT2D eigenvalue weighted by Gasteiger charge is -2.23. The van der Waals surface area contributed by atoms with Gasteiger partial charge in [0.15, 0.2) is 0 Å². The van der Waals surface area contributed by atoms with Crippen molar-refractivity contribution in [1.29, 1.82) is 5.26 Å². The second kappa shape index (κ2) is 7.51. The normalized spacial score (nSPS) is 11.8. The monoisotopic (exact) mass is 249 g/mol. The first-order chi connectivity index (χ1) is 8.69. The van der Waals surface area contributed by atoms with Crippen molar-refractivity contribution in [3.05, 3.63) is 24.2 Å². The number of hydrogen-bond acceptors (Lipinski definition) is 4. The molecule has 0 unspecified atom stereocenters. The van der Waals surface area contributed by atoms with Crippen LogP contribution in [0.4, 0.5) is 0 Å². The van der Waals surface area contributed by atoms with Crippen LogP contribution in [0.1, 0.15) is 31.9 Å². The van der Waals surface area contributed by atoms with Gasteiger partial charge in [-0.05, 0) is 18.6 Å². The molecule has 1 amide bonds. The molecule has 0 aliphatic carbocycles. The van der Waals surface area contributed by atoms with E-state index in [2.05, 4.69) is 0 Å². The number of amides is 1. The van der Waals surface area contributed by atoms with E-state index in [4.69, 9.17) is 15.4 Å². The topological polar surface area (TPSA) is 83.3 Å². The average Bonchev–Trinajstić information content (AvgIpc) is 2.86. The first-order valence-electron chi connectivity index (χ1n) is 6.12. The summed E-state index contributed by atoms with van der Waals surface area (Å²) < 4.78 is 5.22. The van der Waals surface area contributed by atoms with Crippen LogP contribution in [0, 0.1) is 11.3 Å². The average molecular weight is 249 g/mol. The van der Waals surface area contributed by atoms with Gasteiger partial charge in [-0.15, -0.1) is 0 Å². The van der Waals surface area contributed by atoms with Crippen molar-refractivity contribution in [2.45, 2.75) is 38.8 Å². The minimum atomic E-state index is -0.497. The van der Waals surface area contributed by atoms with E-state index in [0.717, 1.165) is 6.42 Å². The van der Waals surface area contributed by atoms with Gasteiger partial charge in [0, 0.05) is 6.54 Å². The number of rotatable bonds is 7. The van der Waals surface area contributed by atoms with E-state index in [1.54, 1.807) is 23.3 Å². The Labute approximate surface area is 107 Å². The summed E-state index contributed by atoms with van der Waals surface area (Å²) in [7, 11) is 0. The Kier molecular flexibility index (Phi) is 5.95. The van der Waals surface area contributed by atoms with Crippen molar-refractivity contribution in [3.8, 4) is 6.07 Å². The van der Waals surface area contributed by atoms with E-state index in [1.165, 1.54) is 0 Å². The molecule has 1 heterocycles. The van der Waals surface area contributed by atoms with Gasteiger partial charge in [-0.2, -0.15) is 5.26 Å². The number of nitrogens with zero attached hydrogens (tertiary/aromatic N) is 2. The Hall–Kier alpha value is -1.80. The van der Waals surface area contributed by atoms with Gasteiger partial charge >= 0.3 is 0 Å². The molecule has 0 aromatic carbocycles. The Bertz CT molecular complexity index is 395. The molecule has 2 N–H and O–H groups in total. The van der Waals surface area contributed by atoms with Gasteiger partial charge in [0.2, 0.25) is 5.91 Å². The molecule has 1 rings (SSSR count). The molecule has 1 aromatic rings. The van der Waals surface area contributed by atoms with Crippen molar-refractivity contribution in [2.75, 3.05) is 6.54 Å². The number of carbonyl (C=O) groups excluding carboxylic acids is 1. The maximum atomic E-state index is 12.1. The molecule has 1 aromatic heterocycles. The number of nitrogens with two attached hydrogens (primary N) is 1. The fourth-order valence-electron chi connectivity index (χ4n) is 1.71. The third-order valence-electron chi connectivity index (χ3n) is 2.65. The standard InChI is InChI=1S/C13H19N3O2/c1-2-5-12(15)13(17)16(8-4-7-14)10-11-6-3-9-18-11/h3,6,9,12H,2,4-5,8,10,15H2,1H3/t12-/m1/s1. The molecule has 0 bridgehead atoms. The molecule has 0 saturated carbocycles. The second-order valence-electron chi connectivity index (χ2n) is 4.14. The fraction of sp³-hybridized carbons (Fsp3) is 0.538. The summed E-state index contributed by atoms with van der Waals surface area (Å²) in [6, 6.07) is 5.12. The van der Waals surface area contributed by atoms with Crippen LogP contribution < -0.4 is 5.73 Å². The Morgan fingerprint density at radius 3 is 3.00 bits per heavy atom. The summed E-state index contributed by atoms with van der Waals surface area (Å²) in [4.78, 5) is 13.7. The molecule has 5 heteroatoms. The summed E-state index contributed by atoms with van der Waals surface area (Å²) in [6.45, 7) is 2.73. The molecule has 0 spiro atoms. The lowest BCUT2D eigenvalue weighted by atomic mass is 10.1. The predicted octanol–water partition coefficient (Wildman–Crippen LogP) is 1.65. The Morgan fingerprint density at radius 2 is 2.44 bits per heavy atom. The second-order valence-corrected chi connectivity index (χ2v) is 4.14. The fourth-order valence-corrected chi connectivity index (χ4v) is 1.71. The SMILES string of the molecule is CCC[C@@H](N)C(=O)N(CCC#N)Cc1ccco1. The van der Waals surface area contributed by atoms with E-state index in [0.29, 0.717) is 31.7 Å². The molecular weight excluding hydrogens is 230 g/mol. The zero-order valence-corrected chi connectivity index (χ0v) is 10.6. The smallest absolute Gasteiger partial charge is 0.239 e. The Morgan fingerprint density at radius 1 is 1.67 bits per heavy atom. The highest BCUT2D eigenvalue weighted by Gasteiger charge is 2.20. The van der Waals surface area contributed by atoms with E-state index in [9.17, 15) is 4.79 Å². The third kappa shape index (κ3) is 4.22. The van der Waals surface area contributed by atoms with Gasteiger partial charge in [0.25, 0.3) is 0 Å². The highest BCUT2D eigenvalue weighted by Crippen LogP contribution is 2.09. The molecular formula is C13H19N3O2. The van der Waals surface area contributed by atoms with Gasteiger partial charge in [-0.25, -0.2) is 0 Å². The lowest BCUT2D eigenvalue weighted by Crippen LogP contribution is -2.43. The van der Waals surface area contributed by atoms with Gasteiger partial charge in [0.05, 0.1) is 31.3 Å². The minimum Gasteiger partial charge on any atom is -0.467 e. The maximum Gasteiger partial charge on any atom is 0.239 e. The molecule has 1 atom stereocenters. The van der Waals surface area contributed by atoms with Gasteiger partial charge < -0.3 is 15.1 Å². The quantitative estimate of drug-likeness (QED) is 0.796. The van der Waals surface area contributed by atoms with Crippen molar-refractivity contribution < 1.29 is 9.21 Å². The van der Waals surface area contributed by atoms with Crippen LogP contribution in [0.3, 0.4) is 0 Å². The van der Waals surface area contributed by atoms with E-state index >= 15 is 0 Å². The number of carbonyl (C=O) groups is 1. The van der Waals surface area contributed by atoms with Gasteiger partial charge in [-0.1, -0.05) is 13.3 Å². The van der Waals surface area contributed by atoms with Crippen LogP contribution in [0.15, 0.2) is 22.8 Å². The summed E-state index contributed by atoms with van der Waals surface area (Å²) >= 11 is 0. The number of nitriles is 1. The molecule has 5 nitrogen and oxygen atoms in total. The van der Waals surface area contributed by atoms with Crippen LogP contribution in [-0.2, 0) is 11.3 Å². The van der Waals surface area contributed by atoms with Crippen LogP contribution in [-0.4, -0.2) is 23.4 Å². The first kappa shape index (κ1) is 14.3. The van der Waals surface area contributed by atoms with E-state index in [1.807, 2.05) is 13.0 Å². The van der Waals surface area contributed by atoms with Gasteiger partial charge in [-0.3, -0.25) is 4.79 Å². The van der Waals surface area contributed by atoms with Crippen molar-refractivity contribution in [3.63, 3.8) is 0 Å². The van der Waals surface area contributed by atoms with Crippen LogP contribution in [0.2, 0.25) is 0 Å². The third-order valence-corrected chi connectivity index (χ3v) is 2.65. The van der Waals surface area contributed by atoms with Crippen LogP contribution in [0.25, 0.3) is 0 Å². The summed E-state index contributed by atoms with van der Waals surface area (Å²) in [5.74, 6) is 0.577. The minimum absolute atomic E-state index is 0.122. The molecule has 0 fully saturated rings. The zero-order chi connectivity index (χ0) is 13.4. The molecule has 0 radical (unpaired) electrons. The van der Waals surface area contributed by atoms with Crippen molar-refractivity contribution >= 4 is 5.91 Å². The number of hydrogen-bond donors (Lipinski definition) is 1. The molecule has 18 heavy (non-hydrogen) atoms. The van der Waals surface area contributed by atoms with E-state index in [-0.39, 0.29) is 5.91 Å². The van der Waals surface area contributed by atoms with Crippen molar-refractivity contribution in [1.82, 2.24) is 4.90 Å². The summed E-state index contributed by atoms with van der Waals surface area (Å²) in [6.07, 6.45) is 3.37. The summed E-state index contributed by atoms with van der Waals surface area (Å²) in [5, 5.41) is 8.62. The molecule has 0 saturated heterocycles. The first-order valence-corrected chi connectivity index (χ1v) is 6.12. The zero-order valence-electron chi connectivity index (χ0n) is 10.6. The predicted molar refractivity (Wildman–Crippen MR) is 67.2 cm³/mol. The van der Waals surface area contributed by atoms with Crippen molar-refractivity contribution in [2.24, 2.45) is 5.73 Å². The largest absolute Gasteiger partial charge is 0.467 e. The molecule has 0 aliphatic heterocycles. The highest BCUT2D eigenvalue weighted by molar-refractivity contribution is 5.81. The number of furan rings is 1. The highest BCUT2D eigenvalue weighted by atomic mass is 16.3. The maximum absolute atomic E-state index is 12.1. The van der Waals surface area contributed by atoms with E-state index < -0.39 is 6.04 Å². The van der Waals surface area contributed by atoms with Crippen LogP contribution in [0.5, 0.6) is 0 Å². The van der Waals surface area contributed by atoms with Gasteiger partial charge in [0.1, 0.15) is 5.76 Å². The lowest BCUT2D eigenvalue weighted by molar-refractivity contribution is -0.133. The summed E-state index contributed by atoms with van der Waals surface area (Å²) in [5.41, 5.74) is 5.82. The Balaban J connectivity index is 2.65. The molecule has 0 aliphatic rings. The molecule has 98 valence electrons.